The first-order valence-corrected chi connectivity index (χ1v) is 7.86. The zero-order chi connectivity index (χ0) is 13.2. The minimum Gasteiger partial charge on any atom is -0.366 e. The number of rotatable bonds is 3. The molecular formula is C15H21N3S. The summed E-state index contributed by atoms with van der Waals surface area (Å²) in [6.45, 7) is 6.94. The minimum absolute atomic E-state index is 0.570. The van der Waals surface area contributed by atoms with Gasteiger partial charge in [-0.2, -0.15) is 4.37 Å². The van der Waals surface area contributed by atoms with Crippen molar-refractivity contribution in [2.24, 2.45) is 0 Å². The van der Waals surface area contributed by atoms with E-state index in [0.717, 1.165) is 5.82 Å². The van der Waals surface area contributed by atoms with Crippen LogP contribution in [0.4, 0.5) is 5.82 Å². The predicted molar refractivity (Wildman–Crippen MR) is 83.0 cm³/mol. The maximum atomic E-state index is 4.56. The van der Waals surface area contributed by atoms with Gasteiger partial charge in [-0.1, -0.05) is 12.1 Å². The summed E-state index contributed by atoms with van der Waals surface area (Å²) < 4.78 is 5.83. The molecule has 102 valence electrons. The van der Waals surface area contributed by atoms with Gasteiger partial charge in [0.1, 0.15) is 5.82 Å². The Balaban J connectivity index is 1.66. The standard InChI is InChI=1S/C15H21N3S/c1-11(2)18-9-7-12(8-10-18)16-15-13-5-3-4-6-14(13)19-17-15/h3-6,11-12H,7-10H2,1-2H3,(H,16,17). The fourth-order valence-electron chi connectivity index (χ4n) is 2.74. The third-order valence-electron chi connectivity index (χ3n) is 3.98. The molecule has 0 atom stereocenters. The predicted octanol–water partition coefficient (Wildman–Crippen LogP) is 3.58. The zero-order valence-electron chi connectivity index (χ0n) is 11.6. The molecule has 0 unspecified atom stereocenters. The number of likely N-dealkylation sites (tertiary alicyclic amines) is 1. The van der Waals surface area contributed by atoms with E-state index >= 15 is 0 Å². The van der Waals surface area contributed by atoms with Crippen LogP contribution in [0.3, 0.4) is 0 Å². The largest absolute Gasteiger partial charge is 0.366 e. The molecule has 1 N–H and O–H groups in total. The number of benzene rings is 1. The van der Waals surface area contributed by atoms with E-state index in [4.69, 9.17) is 0 Å². The molecule has 0 spiro atoms. The lowest BCUT2D eigenvalue weighted by molar-refractivity contribution is 0.177. The lowest BCUT2D eigenvalue weighted by atomic mass is 10.0. The van der Waals surface area contributed by atoms with E-state index in [9.17, 15) is 0 Å². The van der Waals surface area contributed by atoms with Crippen LogP contribution in [0, 0.1) is 0 Å². The summed E-state index contributed by atoms with van der Waals surface area (Å²) in [7, 11) is 0. The van der Waals surface area contributed by atoms with Gasteiger partial charge in [0, 0.05) is 30.6 Å². The molecular weight excluding hydrogens is 254 g/mol. The van der Waals surface area contributed by atoms with Crippen LogP contribution in [0.2, 0.25) is 0 Å². The molecule has 0 amide bonds. The first kappa shape index (κ1) is 12.9. The molecule has 1 fully saturated rings. The maximum absolute atomic E-state index is 4.56. The zero-order valence-corrected chi connectivity index (χ0v) is 12.4. The lowest BCUT2D eigenvalue weighted by Crippen LogP contribution is -2.42. The molecule has 3 nitrogen and oxygen atoms in total. The first-order chi connectivity index (χ1) is 9.24. The fraction of sp³-hybridized carbons (Fsp3) is 0.533. The number of fused-ring (bicyclic) bond motifs is 1. The summed E-state index contributed by atoms with van der Waals surface area (Å²) >= 11 is 1.59. The summed E-state index contributed by atoms with van der Waals surface area (Å²) in [6, 6.07) is 9.69. The van der Waals surface area contributed by atoms with Gasteiger partial charge >= 0.3 is 0 Å². The highest BCUT2D eigenvalue weighted by Gasteiger charge is 2.21. The Labute approximate surface area is 118 Å². The average molecular weight is 275 g/mol. The first-order valence-electron chi connectivity index (χ1n) is 7.09. The maximum Gasteiger partial charge on any atom is 0.147 e. The quantitative estimate of drug-likeness (QED) is 0.928. The summed E-state index contributed by atoms with van der Waals surface area (Å²) in [6.07, 6.45) is 2.42. The van der Waals surface area contributed by atoms with E-state index in [-0.39, 0.29) is 0 Å². The third kappa shape index (κ3) is 2.74. The van der Waals surface area contributed by atoms with E-state index in [1.165, 1.54) is 36.0 Å². The summed E-state index contributed by atoms with van der Waals surface area (Å²) in [5.41, 5.74) is 0. The SMILES string of the molecule is CC(C)N1CCC(Nc2nsc3ccccc23)CC1. The molecule has 1 saturated heterocycles. The van der Waals surface area contributed by atoms with Gasteiger partial charge in [-0.05, 0) is 50.4 Å². The summed E-state index contributed by atoms with van der Waals surface area (Å²) in [5.74, 6) is 1.07. The van der Waals surface area contributed by atoms with Gasteiger partial charge in [-0.15, -0.1) is 0 Å². The van der Waals surface area contributed by atoms with E-state index in [0.29, 0.717) is 12.1 Å². The van der Waals surface area contributed by atoms with Crippen LogP contribution in [-0.2, 0) is 0 Å². The second kappa shape index (κ2) is 5.47. The third-order valence-corrected chi connectivity index (χ3v) is 4.80. The van der Waals surface area contributed by atoms with Gasteiger partial charge in [0.25, 0.3) is 0 Å². The Morgan fingerprint density at radius 2 is 2.00 bits per heavy atom. The molecule has 19 heavy (non-hydrogen) atoms. The smallest absolute Gasteiger partial charge is 0.147 e. The number of nitrogens with zero attached hydrogens (tertiary/aromatic N) is 2. The molecule has 2 heterocycles. The van der Waals surface area contributed by atoms with E-state index in [1.807, 2.05) is 0 Å². The van der Waals surface area contributed by atoms with E-state index < -0.39 is 0 Å². The Hall–Kier alpha value is -1.13. The van der Waals surface area contributed by atoms with Crippen molar-refractivity contribution in [3.63, 3.8) is 0 Å². The summed E-state index contributed by atoms with van der Waals surface area (Å²) in [4.78, 5) is 2.55. The van der Waals surface area contributed by atoms with Gasteiger partial charge in [0.15, 0.2) is 0 Å². The molecule has 3 rings (SSSR count). The molecule has 1 aliphatic rings. The van der Waals surface area contributed by atoms with Crippen LogP contribution in [0.5, 0.6) is 0 Å². The van der Waals surface area contributed by atoms with E-state index in [1.54, 1.807) is 11.5 Å². The average Bonchev–Trinajstić information content (AvgIpc) is 2.83. The van der Waals surface area contributed by atoms with Crippen molar-refractivity contribution in [2.75, 3.05) is 18.4 Å². The Morgan fingerprint density at radius 1 is 1.26 bits per heavy atom. The van der Waals surface area contributed by atoms with Gasteiger partial charge in [-0.25, -0.2) is 0 Å². The van der Waals surface area contributed by atoms with Crippen molar-refractivity contribution in [1.82, 2.24) is 9.27 Å². The molecule has 1 aliphatic heterocycles. The van der Waals surface area contributed by atoms with Crippen molar-refractivity contribution >= 4 is 27.4 Å². The van der Waals surface area contributed by atoms with Crippen LogP contribution in [0.25, 0.3) is 10.1 Å². The van der Waals surface area contributed by atoms with E-state index in [2.05, 4.69) is 52.7 Å². The van der Waals surface area contributed by atoms with Gasteiger partial charge in [0.2, 0.25) is 0 Å². The number of nitrogens with one attached hydrogen (secondary N) is 1. The topological polar surface area (TPSA) is 28.2 Å². The minimum atomic E-state index is 0.570. The number of hydrogen-bond donors (Lipinski definition) is 1. The molecule has 1 aromatic carbocycles. The van der Waals surface area contributed by atoms with Crippen molar-refractivity contribution in [1.29, 1.82) is 0 Å². The highest BCUT2D eigenvalue weighted by molar-refractivity contribution is 7.13. The molecule has 0 radical (unpaired) electrons. The van der Waals surface area contributed by atoms with Crippen molar-refractivity contribution in [3.05, 3.63) is 24.3 Å². The highest BCUT2D eigenvalue weighted by atomic mass is 32.1. The van der Waals surface area contributed by atoms with Crippen molar-refractivity contribution < 1.29 is 0 Å². The molecule has 0 aliphatic carbocycles. The monoisotopic (exact) mass is 275 g/mol. The second-order valence-corrected chi connectivity index (χ2v) is 6.38. The normalized spacial score (nSPS) is 18.3. The second-order valence-electron chi connectivity index (χ2n) is 5.58. The number of hydrogen-bond acceptors (Lipinski definition) is 4. The Morgan fingerprint density at radius 3 is 2.74 bits per heavy atom. The molecule has 2 aromatic rings. The highest BCUT2D eigenvalue weighted by Crippen LogP contribution is 2.28. The van der Waals surface area contributed by atoms with Gasteiger partial charge in [-0.3, -0.25) is 0 Å². The van der Waals surface area contributed by atoms with Crippen LogP contribution >= 0.6 is 11.5 Å². The van der Waals surface area contributed by atoms with Gasteiger partial charge in [0.05, 0.1) is 4.70 Å². The van der Waals surface area contributed by atoms with Gasteiger partial charge < -0.3 is 10.2 Å². The number of anilines is 1. The molecule has 1 aromatic heterocycles. The Bertz CT molecular complexity index is 541. The molecule has 0 bridgehead atoms. The lowest BCUT2D eigenvalue weighted by Gasteiger charge is -2.34. The molecule has 4 heteroatoms. The molecule has 0 saturated carbocycles. The number of piperidine rings is 1. The van der Waals surface area contributed by atoms with Crippen LogP contribution in [-0.4, -0.2) is 34.4 Å². The Kier molecular flexibility index (Phi) is 3.71. The van der Waals surface area contributed by atoms with Crippen LogP contribution in [0.15, 0.2) is 24.3 Å². The number of aromatic nitrogens is 1. The van der Waals surface area contributed by atoms with Crippen LogP contribution in [0.1, 0.15) is 26.7 Å². The fourth-order valence-corrected chi connectivity index (χ4v) is 3.49. The summed E-state index contributed by atoms with van der Waals surface area (Å²) in [5, 5.41) is 4.90. The van der Waals surface area contributed by atoms with Crippen molar-refractivity contribution in [2.45, 2.75) is 38.8 Å². The van der Waals surface area contributed by atoms with Crippen LogP contribution < -0.4 is 5.32 Å². The van der Waals surface area contributed by atoms with Crippen molar-refractivity contribution in [3.8, 4) is 0 Å².